The van der Waals surface area contributed by atoms with Gasteiger partial charge in [-0.05, 0) is 12.1 Å². The van der Waals surface area contributed by atoms with Crippen LogP contribution in [0.25, 0.3) is 0 Å². The Hall–Kier alpha value is -1.20. The molecule has 0 fully saturated rings. The summed E-state index contributed by atoms with van der Waals surface area (Å²) in [7, 11) is 1.15. The van der Waals surface area contributed by atoms with E-state index in [0.717, 1.165) is 19.2 Å². The van der Waals surface area contributed by atoms with Crippen molar-refractivity contribution < 1.29 is 18.3 Å². The van der Waals surface area contributed by atoms with Crippen LogP contribution in [-0.4, -0.2) is 19.1 Å². The minimum Gasteiger partial charge on any atom is -0.468 e. The van der Waals surface area contributed by atoms with Crippen LogP contribution in [0.3, 0.4) is 0 Å². The Kier molecular flexibility index (Phi) is 4.20. The molecule has 1 aromatic carbocycles. The van der Waals surface area contributed by atoms with Gasteiger partial charge in [-0.25, -0.2) is 8.78 Å². The van der Waals surface area contributed by atoms with Crippen LogP contribution in [0, 0.1) is 11.6 Å². The first-order valence-electron chi connectivity index (χ1n) is 4.42. The van der Waals surface area contributed by atoms with Crippen molar-refractivity contribution in [2.45, 2.75) is 12.5 Å². The molecule has 3 nitrogen and oxygen atoms in total. The summed E-state index contributed by atoms with van der Waals surface area (Å²) in [5, 5.41) is -0.0506. The van der Waals surface area contributed by atoms with Crippen LogP contribution < -0.4 is 5.73 Å². The Morgan fingerprint density at radius 3 is 2.44 bits per heavy atom. The molecule has 0 amide bonds. The summed E-state index contributed by atoms with van der Waals surface area (Å²) in [5.74, 6) is -2.39. The van der Waals surface area contributed by atoms with Crippen LogP contribution in [0.5, 0.6) is 0 Å². The van der Waals surface area contributed by atoms with Gasteiger partial charge in [0.2, 0.25) is 0 Å². The fraction of sp³-hybridized carbons (Fsp3) is 0.300. The van der Waals surface area contributed by atoms with Crippen molar-refractivity contribution >= 4 is 17.6 Å². The topological polar surface area (TPSA) is 52.3 Å². The SMILES string of the molecule is COC(=O)[C@H](N)Cc1c(F)cc(Cl)cc1F. The molecule has 6 heteroatoms. The van der Waals surface area contributed by atoms with Crippen LogP contribution >= 0.6 is 11.6 Å². The van der Waals surface area contributed by atoms with E-state index in [-0.39, 0.29) is 17.0 Å². The van der Waals surface area contributed by atoms with E-state index < -0.39 is 23.6 Å². The predicted molar refractivity (Wildman–Crippen MR) is 55.1 cm³/mol. The average Bonchev–Trinajstić information content (AvgIpc) is 2.21. The van der Waals surface area contributed by atoms with Crippen LogP contribution in [0.1, 0.15) is 5.56 Å². The second-order valence-electron chi connectivity index (χ2n) is 3.18. The molecule has 0 aliphatic heterocycles. The Balaban J connectivity index is 2.93. The van der Waals surface area contributed by atoms with Crippen molar-refractivity contribution in [1.29, 1.82) is 0 Å². The highest BCUT2D eigenvalue weighted by Gasteiger charge is 2.19. The quantitative estimate of drug-likeness (QED) is 0.829. The summed E-state index contributed by atoms with van der Waals surface area (Å²) in [5.41, 5.74) is 5.12. The van der Waals surface area contributed by atoms with Crippen LogP contribution in [0.15, 0.2) is 12.1 Å². The largest absolute Gasteiger partial charge is 0.468 e. The van der Waals surface area contributed by atoms with Crippen molar-refractivity contribution in [1.82, 2.24) is 0 Å². The van der Waals surface area contributed by atoms with Crippen LogP contribution in [0.4, 0.5) is 8.78 Å². The lowest BCUT2D eigenvalue weighted by molar-refractivity contribution is -0.142. The fourth-order valence-corrected chi connectivity index (χ4v) is 1.41. The van der Waals surface area contributed by atoms with Gasteiger partial charge in [0, 0.05) is 17.0 Å². The fourth-order valence-electron chi connectivity index (χ4n) is 1.22. The van der Waals surface area contributed by atoms with Crippen molar-refractivity contribution in [3.8, 4) is 0 Å². The smallest absolute Gasteiger partial charge is 0.322 e. The van der Waals surface area contributed by atoms with E-state index in [9.17, 15) is 13.6 Å². The van der Waals surface area contributed by atoms with E-state index in [1.807, 2.05) is 0 Å². The second-order valence-corrected chi connectivity index (χ2v) is 3.62. The molecule has 0 saturated carbocycles. The number of hydrogen-bond acceptors (Lipinski definition) is 3. The first-order chi connectivity index (χ1) is 7.45. The minimum absolute atomic E-state index is 0.0506. The van der Waals surface area contributed by atoms with Gasteiger partial charge in [0.1, 0.15) is 17.7 Å². The van der Waals surface area contributed by atoms with Gasteiger partial charge in [0.15, 0.2) is 0 Å². The summed E-state index contributed by atoms with van der Waals surface area (Å²) in [4.78, 5) is 11.0. The monoisotopic (exact) mass is 249 g/mol. The number of rotatable bonds is 3. The number of methoxy groups -OCH3 is 1. The van der Waals surface area contributed by atoms with Crippen molar-refractivity contribution in [2.24, 2.45) is 5.73 Å². The number of hydrogen-bond donors (Lipinski definition) is 1. The molecule has 0 aliphatic rings. The average molecular weight is 250 g/mol. The summed E-state index contributed by atoms with van der Waals surface area (Å²) in [6.45, 7) is 0. The van der Waals surface area contributed by atoms with Gasteiger partial charge in [-0.1, -0.05) is 11.6 Å². The number of esters is 1. The highest BCUT2D eigenvalue weighted by atomic mass is 35.5. The van der Waals surface area contributed by atoms with Crippen LogP contribution in [-0.2, 0) is 16.0 Å². The van der Waals surface area contributed by atoms with E-state index in [0.29, 0.717) is 0 Å². The Morgan fingerprint density at radius 1 is 1.50 bits per heavy atom. The van der Waals surface area contributed by atoms with Crippen LogP contribution in [0.2, 0.25) is 5.02 Å². The van der Waals surface area contributed by atoms with Gasteiger partial charge in [0.25, 0.3) is 0 Å². The lowest BCUT2D eigenvalue weighted by Gasteiger charge is -2.10. The highest BCUT2D eigenvalue weighted by Crippen LogP contribution is 2.20. The molecule has 1 rings (SSSR count). The second kappa shape index (κ2) is 5.23. The van der Waals surface area contributed by atoms with Gasteiger partial charge in [-0.3, -0.25) is 4.79 Å². The van der Waals surface area contributed by atoms with E-state index >= 15 is 0 Å². The molecule has 0 saturated heterocycles. The number of halogens is 3. The van der Waals surface area contributed by atoms with Gasteiger partial charge in [0.05, 0.1) is 7.11 Å². The Bertz CT molecular complexity index is 389. The van der Waals surface area contributed by atoms with Gasteiger partial charge >= 0.3 is 5.97 Å². The van der Waals surface area contributed by atoms with E-state index in [1.165, 1.54) is 0 Å². The molecule has 2 N–H and O–H groups in total. The zero-order chi connectivity index (χ0) is 12.3. The third-order valence-electron chi connectivity index (χ3n) is 2.03. The molecule has 0 spiro atoms. The summed E-state index contributed by atoms with van der Waals surface area (Å²) in [6, 6.07) is 0.823. The highest BCUT2D eigenvalue weighted by molar-refractivity contribution is 6.30. The molecular weight excluding hydrogens is 240 g/mol. The molecule has 0 unspecified atom stereocenters. The normalized spacial score (nSPS) is 12.3. The Morgan fingerprint density at radius 2 is 2.00 bits per heavy atom. The molecule has 1 atom stereocenters. The first-order valence-corrected chi connectivity index (χ1v) is 4.80. The predicted octanol–water partition coefficient (Wildman–Crippen LogP) is 1.66. The molecule has 1 aromatic rings. The van der Waals surface area contributed by atoms with Gasteiger partial charge < -0.3 is 10.5 Å². The third-order valence-corrected chi connectivity index (χ3v) is 2.25. The number of ether oxygens (including phenoxy) is 1. The zero-order valence-electron chi connectivity index (χ0n) is 8.47. The summed E-state index contributed by atoms with van der Waals surface area (Å²) >= 11 is 5.45. The lowest BCUT2D eigenvalue weighted by Crippen LogP contribution is -2.34. The molecule has 0 aromatic heterocycles. The maximum Gasteiger partial charge on any atom is 0.322 e. The maximum absolute atomic E-state index is 13.3. The standard InChI is InChI=1S/C10H10ClF2NO2/c1-16-10(15)9(14)4-6-7(12)2-5(11)3-8(6)13/h2-3,9H,4,14H2,1H3/t9-/m1/s1. The molecular formula is C10H10ClF2NO2. The van der Waals surface area contributed by atoms with Gasteiger partial charge in [-0.2, -0.15) is 0 Å². The minimum atomic E-state index is -1.10. The van der Waals surface area contributed by atoms with Crippen molar-refractivity contribution in [2.75, 3.05) is 7.11 Å². The van der Waals surface area contributed by atoms with E-state index in [1.54, 1.807) is 0 Å². The lowest BCUT2D eigenvalue weighted by atomic mass is 10.1. The third kappa shape index (κ3) is 2.90. The van der Waals surface area contributed by atoms with E-state index in [2.05, 4.69) is 4.74 Å². The molecule has 0 aliphatic carbocycles. The molecule has 0 bridgehead atoms. The zero-order valence-corrected chi connectivity index (χ0v) is 9.22. The number of benzene rings is 1. The first kappa shape index (κ1) is 12.9. The number of carbonyl (C=O) groups excluding carboxylic acids is 1. The van der Waals surface area contributed by atoms with E-state index in [4.69, 9.17) is 17.3 Å². The summed E-state index contributed by atoms with van der Waals surface area (Å²) in [6.07, 6.45) is -0.276. The summed E-state index contributed by atoms with van der Waals surface area (Å²) < 4.78 is 31.0. The van der Waals surface area contributed by atoms with Crippen molar-refractivity contribution in [3.05, 3.63) is 34.4 Å². The molecule has 88 valence electrons. The number of nitrogens with two attached hydrogens (primary N) is 1. The Labute approximate surface area is 96.1 Å². The van der Waals surface area contributed by atoms with Gasteiger partial charge in [-0.15, -0.1) is 0 Å². The molecule has 16 heavy (non-hydrogen) atoms. The van der Waals surface area contributed by atoms with Crippen molar-refractivity contribution in [3.63, 3.8) is 0 Å². The number of carbonyl (C=O) groups is 1. The molecule has 0 heterocycles. The molecule has 0 radical (unpaired) electrons. The maximum atomic E-state index is 13.3.